The Hall–Kier alpha value is -4.18. The molecule has 0 fully saturated rings. The van der Waals surface area contributed by atoms with Crippen LogP contribution in [0.5, 0.6) is 0 Å². The Labute approximate surface area is 203 Å². The van der Waals surface area contributed by atoms with Gasteiger partial charge in [-0.3, -0.25) is 0 Å². The molecule has 3 heteroatoms. The third-order valence-electron chi connectivity index (χ3n) is 7.25. The highest BCUT2D eigenvalue weighted by molar-refractivity contribution is 6.62. The molecule has 6 aromatic carbocycles. The van der Waals surface area contributed by atoms with Gasteiger partial charge in [-0.2, -0.15) is 0 Å². The summed E-state index contributed by atoms with van der Waals surface area (Å²) in [5.41, 5.74) is 9.80. The molecule has 0 atom stereocenters. The highest BCUT2D eigenvalue weighted by atomic mass is 16.4. The molecular formula is C32H21BO2. The summed E-state index contributed by atoms with van der Waals surface area (Å²) in [6.07, 6.45) is 0. The summed E-state index contributed by atoms with van der Waals surface area (Å²) in [5, 5.41) is 25.0. The van der Waals surface area contributed by atoms with Crippen LogP contribution in [0, 0.1) is 0 Å². The Morgan fingerprint density at radius 1 is 0.429 bits per heavy atom. The Kier molecular flexibility index (Phi) is 4.43. The van der Waals surface area contributed by atoms with Crippen LogP contribution >= 0.6 is 0 Å². The standard InChI is InChI=1S/C32H21BO2/c34-33(35)29-18-17-23(21-11-5-2-6-12-21)30-28(29)19-27-22(20-9-3-1-4-10-20)15-16-26-24-13-7-8-14-25(24)32(30)31(26)27/h1-19,34-35H. The average molecular weight is 448 g/mol. The molecule has 2 nitrogen and oxygen atoms in total. The lowest BCUT2D eigenvalue weighted by molar-refractivity contribution is 0.426. The van der Waals surface area contributed by atoms with Crippen LogP contribution in [0.25, 0.3) is 66.1 Å². The maximum atomic E-state index is 10.4. The van der Waals surface area contributed by atoms with Crippen LogP contribution in [0.3, 0.4) is 0 Å². The lowest BCUT2D eigenvalue weighted by atomic mass is 9.74. The second-order valence-electron chi connectivity index (χ2n) is 9.11. The van der Waals surface area contributed by atoms with Gasteiger partial charge in [-0.25, -0.2) is 0 Å². The SMILES string of the molecule is OB(O)c1ccc(-c2ccccc2)c2c3c4c(ccc(-c5ccccc5)c4cc12)-c1ccccc1-3. The molecule has 7 rings (SSSR count). The van der Waals surface area contributed by atoms with Crippen molar-refractivity contribution >= 4 is 34.1 Å². The molecule has 0 heterocycles. The van der Waals surface area contributed by atoms with Crippen molar-refractivity contribution in [2.75, 3.05) is 0 Å². The first-order valence-electron chi connectivity index (χ1n) is 11.9. The van der Waals surface area contributed by atoms with Gasteiger partial charge in [0.15, 0.2) is 0 Å². The summed E-state index contributed by atoms with van der Waals surface area (Å²) in [6, 6.07) is 39.7. The largest absolute Gasteiger partial charge is 0.489 e. The van der Waals surface area contributed by atoms with Gasteiger partial charge in [-0.05, 0) is 77.6 Å². The Bertz CT molecular complexity index is 1760. The van der Waals surface area contributed by atoms with Crippen LogP contribution in [0.2, 0.25) is 0 Å². The van der Waals surface area contributed by atoms with E-state index in [9.17, 15) is 10.0 Å². The molecule has 164 valence electrons. The van der Waals surface area contributed by atoms with Crippen molar-refractivity contribution in [2.24, 2.45) is 0 Å². The lowest BCUT2D eigenvalue weighted by Gasteiger charge is -2.18. The summed E-state index contributed by atoms with van der Waals surface area (Å²) >= 11 is 0. The van der Waals surface area contributed by atoms with Crippen molar-refractivity contribution in [3.63, 3.8) is 0 Å². The second-order valence-corrected chi connectivity index (χ2v) is 9.11. The number of rotatable bonds is 3. The van der Waals surface area contributed by atoms with Crippen LogP contribution in [0.1, 0.15) is 0 Å². The van der Waals surface area contributed by atoms with Crippen molar-refractivity contribution in [2.45, 2.75) is 0 Å². The molecule has 0 bridgehead atoms. The average Bonchev–Trinajstić information content (AvgIpc) is 3.25. The maximum absolute atomic E-state index is 10.4. The van der Waals surface area contributed by atoms with Crippen LogP contribution in [-0.4, -0.2) is 17.2 Å². The Balaban J connectivity index is 1.73. The van der Waals surface area contributed by atoms with E-state index in [1.165, 1.54) is 27.6 Å². The molecule has 0 aromatic heterocycles. The zero-order chi connectivity index (χ0) is 23.5. The van der Waals surface area contributed by atoms with E-state index in [1.807, 2.05) is 36.4 Å². The molecule has 0 amide bonds. The smallest absolute Gasteiger partial charge is 0.423 e. The molecule has 0 saturated heterocycles. The minimum absolute atomic E-state index is 0.520. The lowest BCUT2D eigenvalue weighted by Crippen LogP contribution is -2.30. The monoisotopic (exact) mass is 448 g/mol. The highest BCUT2D eigenvalue weighted by Crippen LogP contribution is 2.53. The quantitative estimate of drug-likeness (QED) is 0.235. The van der Waals surface area contributed by atoms with E-state index in [4.69, 9.17) is 0 Å². The molecule has 0 aliphatic heterocycles. The highest BCUT2D eigenvalue weighted by Gasteiger charge is 2.28. The molecule has 0 saturated carbocycles. The van der Waals surface area contributed by atoms with Gasteiger partial charge in [0.25, 0.3) is 0 Å². The summed E-state index contributed by atoms with van der Waals surface area (Å²) in [4.78, 5) is 0. The molecule has 6 aromatic rings. The molecular weight excluding hydrogens is 427 g/mol. The number of hydrogen-bond acceptors (Lipinski definition) is 2. The Morgan fingerprint density at radius 2 is 0.971 bits per heavy atom. The topological polar surface area (TPSA) is 40.5 Å². The van der Waals surface area contributed by atoms with Crippen LogP contribution in [0.15, 0.2) is 115 Å². The van der Waals surface area contributed by atoms with E-state index in [0.717, 1.165) is 38.4 Å². The van der Waals surface area contributed by atoms with Gasteiger partial charge in [0.2, 0.25) is 0 Å². The molecule has 1 aliphatic carbocycles. The van der Waals surface area contributed by atoms with Crippen LogP contribution in [-0.2, 0) is 0 Å². The van der Waals surface area contributed by atoms with Gasteiger partial charge in [0, 0.05) is 0 Å². The first-order chi connectivity index (χ1) is 17.2. The normalized spacial score (nSPS) is 11.7. The van der Waals surface area contributed by atoms with Crippen molar-refractivity contribution < 1.29 is 10.0 Å². The van der Waals surface area contributed by atoms with Gasteiger partial charge in [-0.1, -0.05) is 109 Å². The van der Waals surface area contributed by atoms with Crippen molar-refractivity contribution in [3.8, 4) is 44.5 Å². The summed E-state index contributed by atoms with van der Waals surface area (Å²) in [6.45, 7) is 0. The van der Waals surface area contributed by atoms with Gasteiger partial charge in [-0.15, -0.1) is 0 Å². The zero-order valence-corrected chi connectivity index (χ0v) is 18.9. The third-order valence-corrected chi connectivity index (χ3v) is 7.25. The molecule has 0 unspecified atom stereocenters. The number of hydrogen-bond donors (Lipinski definition) is 2. The van der Waals surface area contributed by atoms with E-state index >= 15 is 0 Å². The van der Waals surface area contributed by atoms with Gasteiger partial charge in [0.05, 0.1) is 0 Å². The fourth-order valence-corrected chi connectivity index (χ4v) is 5.75. The Morgan fingerprint density at radius 3 is 1.66 bits per heavy atom. The predicted molar refractivity (Wildman–Crippen MR) is 147 cm³/mol. The number of benzene rings is 6. The fraction of sp³-hybridized carbons (Fsp3) is 0. The molecule has 0 spiro atoms. The van der Waals surface area contributed by atoms with E-state index in [2.05, 4.69) is 78.9 Å². The number of fused-ring (bicyclic) bond motifs is 5. The van der Waals surface area contributed by atoms with Crippen LogP contribution in [0.4, 0.5) is 0 Å². The van der Waals surface area contributed by atoms with Gasteiger partial charge >= 0.3 is 7.12 Å². The van der Waals surface area contributed by atoms with E-state index in [0.29, 0.717) is 5.46 Å². The second kappa shape index (κ2) is 7.67. The van der Waals surface area contributed by atoms with Crippen molar-refractivity contribution in [1.82, 2.24) is 0 Å². The minimum atomic E-state index is -1.56. The maximum Gasteiger partial charge on any atom is 0.489 e. The molecule has 1 aliphatic rings. The summed E-state index contributed by atoms with van der Waals surface area (Å²) in [7, 11) is -1.56. The molecule has 2 N–H and O–H groups in total. The van der Waals surface area contributed by atoms with Gasteiger partial charge in [0.1, 0.15) is 0 Å². The third kappa shape index (κ3) is 2.93. The van der Waals surface area contributed by atoms with Crippen molar-refractivity contribution in [3.05, 3.63) is 115 Å². The minimum Gasteiger partial charge on any atom is -0.423 e. The van der Waals surface area contributed by atoms with E-state index < -0.39 is 7.12 Å². The fourth-order valence-electron chi connectivity index (χ4n) is 5.75. The summed E-state index contributed by atoms with van der Waals surface area (Å²) < 4.78 is 0. The van der Waals surface area contributed by atoms with Crippen molar-refractivity contribution in [1.29, 1.82) is 0 Å². The van der Waals surface area contributed by atoms with Crippen LogP contribution < -0.4 is 5.46 Å². The van der Waals surface area contributed by atoms with E-state index in [-0.39, 0.29) is 0 Å². The molecule has 35 heavy (non-hydrogen) atoms. The first-order valence-corrected chi connectivity index (χ1v) is 11.9. The molecule has 0 radical (unpaired) electrons. The summed E-state index contributed by atoms with van der Waals surface area (Å²) in [5.74, 6) is 0. The van der Waals surface area contributed by atoms with E-state index in [1.54, 1.807) is 0 Å². The van der Waals surface area contributed by atoms with Gasteiger partial charge < -0.3 is 10.0 Å². The zero-order valence-electron chi connectivity index (χ0n) is 18.9. The predicted octanol–water partition coefficient (Wildman–Crippen LogP) is 6.65. The first kappa shape index (κ1) is 20.2.